The van der Waals surface area contributed by atoms with E-state index in [4.69, 9.17) is 4.74 Å². The normalized spacial score (nSPS) is 11.6. The first-order valence-electron chi connectivity index (χ1n) is 6.10. The Morgan fingerprint density at radius 2 is 2.10 bits per heavy atom. The lowest BCUT2D eigenvalue weighted by molar-refractivity contribution is -0.385. The third-order valence-electron chi connectivity index (χ3n) is 2.65. The SMILES string of the molecule is CCNC(=O)[C@@H](C)OC(=O)c1ccc(C)c([N+](=O)[O-])c1. The number of rotatable bonds is 5. The topological polar surface area (TPSA) is 98.5 Å². The number of nitrogens with one attached hydrogen (secondary N) is 1. The number of aryl methyl sites for hydroxylation is 1. The Morgan fingerprint density at radius 3 is 2.65 bits per heavy atom. The first kappa shape index (κ1) is 15.6. The molecule has 0 saturated carbocycles. The van der Waals surface area contributed by atoms with Gasteiger partial charge in [-0.15, -0.1) is 0 Å². The summed E-state index contributed by atoms with van der Waals surface area (Å²) in [5, 5.41) is 13.3. The van der Waals surface area contributed by atoms with Crippen LogP contribution in [0.25, 0.3) is 0 Å². The number of carbonyl (C=O) groups is 2. The van der Waals surface area contributed by atoms with Gasteiger partial charge < -0.3 is 10.1 Å². The summed E-state index contributed by atoms with van der Waals surface area (Å²) in [7, 11) is 0. The van der Waals surface area contributed by atoms with Gasteiger partial charge >= 0.3 is 5.97 Å². The predicted octanol–water partition coefficient (Wildman–Crippen LogP) is 1.58. The van der Waals surface area contributed by atoms with Crippen LogP contribution in [0.3, 0.4) is 0 Å². The number of nitro groups is 1. The number of ether oxygens (including phenoxy) is 1. The Kier molecular flexibility index (Phi) is 5.19. The number of nitro benzene ring substituents is 1. The van der Waals surface area contributed by atoms with Gasteiger partial charge in [0.1, 0.15) is 0 Å². The Morgan fingerprint density at radius 1 is 1.45 bits per heavy atom. The van der Waals surface area contributed by atoms with Crippen molar-refractivity contribution >= 4 is 17.6 Å². The lowest BCUT2D eigenvalue weighted by atomic mass is 10.1. The molecule has 1 atom stereocenters. The summed E-state index contributed by atoms with van der Waals surface area (Å²) >= 11 is 0. The smallest absolute Gasteiger partial charge is 0.339 e. The van der Waals surface area contributed by atoms with E-state index < -0.39 is 22.9 Å². The lowest BCUT2D eigenvalue weighted by Crippen LogP contribution is -2.35. The molecular weight excluding hydrogens is 264 g/mol. The van der Waals surface area contributed by atoms with E-state index in [0.717, 1.165) is 6.07 Å². The summed E-state index contributed by atoms with van der Waals surface area (Å²) in [6.07, 6.45) is -0.956. The zero-order valence-corrected chi connectivity index (χ0v) is 11.5. The second-order valence-corrected chi connectivity index (χ2v) is 4.20. The molecule has 7 nitrogen and oxygen atoms in total. The molecule has 1 N–H and O–H groups in total. The van der Waals surface area contributed by atoms with Gasteiger partial charge in [0.05, 0.1) is 10.5 Å². The van der Waals surface area contributed by atoms with Crippen LogP contribution >= 0.6 is 0 Å². The molecule has 20 heavy (non-hydrogen) atoms. The molecule has 0 aromatic heterocycles. The van der Waals surface area contributed by atoms with E-state index in [1.54, 1.807) is 13.8 Å². The van der Waals surface area contributed by atoms with Gasteiger partial charge in [0, 0.05) is 18.2 Å². The van der Waals surface area contributed by atoms with Crippen molar-refractivity contribution in [3.8, 4) is 0 Å². The van der Waals surface area contributed by atoms with E-state index in [2.05, 4.69) is 5.32 Å². The van der Waals surface area contributed by atoms with Crippen LogP contribution in [-0.2, 0) is 9.53 Å². The number of nitrogens with zero attached hydrogens (tertiary/aromatic N) is 1. The van der Waals surface area contributed by atoms with Crippen molar-refractivity contribution < 1.29 is 19.2 Å². The third kappa shape index (κ3) is 3.78. The minimum atomic E-state index is -0.956. The van der Waals surface area contributed by atoms with Crippen LogP contribution in [0, 0.1) is 17.0 Å². The highest BCUT2D eigenvalue weighted by Crippen LogP contribution is 2.20. The van der Waals surface area contributed by atoms with Crippen molar-refractivity contribution in [1.82, 2.24) is 5.32 Å². The van der Waals surface area contributed by atoms with E-state index in [1.165, 1.54) is 19.1 Å². The number of benzene rings is 1. The van der Waals surface area contributed by atoms with Gasteiger partial charge in [-0.2, -0.15) is 0 Å². The summed E-state index contributed by atoms with van der Waals surface area (Å²) in [6, 6.07) is 4.03. The molecule has 0 spiro atoms. The molecule has 1 amide bonds. The Bertz CT molecular complexity index is 542. The summed E-state index contributed by atoms with van der Waals surface area (Å²) in [5.41, 5.74) is 0.326. The molecular formula is C13H16N2O5. The fourth-order valence-electron chi connectivity index (χ4n) is 1.53. The van der Waals surface area contributed by atoms with E-state index in [-0.39, 0.29) is 11.3 Å². The molecule has 0 aliphatic heterocycles. The van der Waals surface area contributed by atoms with E-state index >= 15 is 0 Å². The van der Waals surface area contributed by atoms with Gasteiger partial charge in [0.25, 0.3) is 11.6 Å². The van der Waals surface area contributed by atoms with Crippen LogP contribution in [0.15, 0.2) is 18.2 Å². The Balaban J connectivity index is 2.85. The number of amides is 1. The minimum Gasteiger partial charge on any atom is -0.449 e. The van der Waals surface area contributed by atoms with Crippen molar-refractivity contribution in [1.29, 1.82) is 0 Å². The van der Waals surface area contributed by atoms with E-state index in [0.29, 0.717) is 12.1 Å². The van der Waals surface area contributed by atoms with Crippen LogP contribution < -0.4 is 5.32 Å². The molecule has 0 heterocycles. The largest absolute Gasteiger partial charge is 0.449 e. The minimum absolute atomic E-state index is 0.0402. The number of likely N-dealkylation sites (N-methyl/N-ethyl adjacent to an activating group) is 1. The molecule has 0 radical (unpaired) electrons. The maximum atomic E-state index is 11.8. The summed E-state index contributed by atoms with van der Waals surface area (Å²) < 4.78 is 4.95. The van der Waals surface area contributed by atoms with Crippen LogP contribution in [-0.4, -0.2) is 29.4 Å². The van der Waals surface area contributed by atoms with Gasteiger partial charge in [-0.1, -0.05) is 6.07 Å². The maximum absolute atomic E-state index is 11.8. The molecule has 0 bridgehead atoms. The highest BCUT2D eigenvalue weighted by Gasteiger charge is 2.20. The van der Waals surface area contributed by atoms with Crippen LogP contribution in [0.1, 0.15) is 29.8 Å². The molecule has 7 heteroatoms. The zero-order chi connectivity index (χ0) is 15.3. The third-order valence-corrected chi connectivity index (χ3v) is 2.65. The summed E-state index contributed by atoms with van der Waals surface area (Å²) in [4.78, 5) is 33.5. The van der Waals surface area contributed by atoms with Crippen LogP contribution in [0.4, 0.5) is 5.69 Å². The second kappa shape index (κ2) is 6.65. The summed E-state index contributed by atoms with van der Waals surface area (Å²) in [6.45, 7) is 5.18. The molecule has 0 unspecified atom stereocenters. The van der Waals surface area contributed by atoms with Crippen molar-refractivity contribution in [2.24, 2.45) is 0 Å². The summed E-state index contributed by atoms with van der Waals surface area (Å²) in [5.74, 6) is -1.19. The molecule has 108 valence electrons. The van der Waals surface area contributed by atoms with Crippen molar-refractivity contribution in [3.05, 3.63) is 39.4 Å². The van der Waals surface area contributed by atoms with Gasteiger partial charge in [0.2, 0.25) is 0 Å². The Hall–Kier alpha value is -2.44. The Labute approximate surface area is 116 Å². The average Bonchev–Trinajstić information content (AvgIpc) is 2.38. The van der Waals surface area contributed by atoms with Gasteiger partial charge in [-0.3, -0.25) is 14.9 Å². The number of esters is 1. The average molecular weight is 280 g/mol. The van der Waals surface area contributed by atoms with Gasteiger partial charge in [-0.25, -0.2) is 4.79 Å². The highest BCUT2D eigenvalue weighted by atomic mass is 16.6. The van der Waals surface area contributed by atoms with Crippen molar-refractivity contribution in [2.75, 3.05) is 6.54 Å². The highest BCUT2D eigenvalue weighted by molar-refractivity contribution is 5.92. The van der Waals surface area contributed by atoms with E-state index in [9.17, 15) is 19.7 Å². The second-order valence-electron chi connectivity index (χ2n) is 4.20. The van der Waals surface area contributed by atoms with E-state index in [1.807, 2.05) is 0 Å². The standard InChI is InChI=1S/C13H16N2O5/c1-4-14-12(16)9(3)20-13(17)10-6-5-8(2)11(7-10)15(18)19/h5-7,9H,4H2,1-3H3,(H,14,16)/t9-/m1/s1. The fraction of sp³-hybridized carbons (Fsp3) is 0.385. The molecule has 1 rings (SSSR count). The number of carbonyl (C=O) groups excluding carboxylic acids is 2. The number of hydrogen-bond acceptors (Lipinski definition) is 5. The number of hydrogen-bond donors (Lipinski definition) is 1. The fourth-order valence-corrected chi connectivity index (χ4v) is 1.53. The molecule has 1 aromatic carbocycles. The maximum Gasteiger partial charge on any atom is 0.339 e. The predicted molar refractivity (Wildman–Crippen MR) is 71.4 cm³/mol. The molecule has 1 aromatic rings. The van der Waals surface area contributed by atoms with Gasteiger partial charge in [-0.05, 0) is 26.8 Å². The zero-order valence-electron chi connectivity index (χ0n) is 11.5. The van der Waals surface area contributed by atoms with Crippen LogP contribution in [0.5, 0.6) is 0 Å². The van der Waals surface area contributed by atoms with Gasteiger partial charge in [0.15, 0.2) is 6.10 Å². The molecule has 0 aliphatic carbocycles. The first-order chi connectivity index (χ1) is 9.36. The quantitative estimate of drug-likeness (QED) is 0.501. The molecule has 0 aliphatic rings. The van der Waals surface area contributed by atoms with Crippen LogP contribution in [0.2, 0.25) is 0 Å². The monoisotopic (exact) mass is 280 g/mol. The molecule has 0 fully saturated rings. The van der Waals surface area contributed by atoms with Crippen molar-refractivity contribution in [2.45, 2.75) is 26.9 Å². The first-order valence-corrected chi connectivity index (χ1v) is 6.10. The van der Waals surface area contributed by atoms with Crippen molar-refractivity contribution in [3.63, 3.8) is 0 Å². The lowest BCUT2D eigenvalue weighted by Gasteiger charge is -2.12. The molecule has 0 saturated heterocycles.